The van der Waals surface area contributed by atoms with Crippen LogP contribution in [0.25, 0.3) is 0 Å². The molecule has 0 amide bonds. The highest BCUT2D eigenvalue weighted by Crippen LogP contribution is 2.52. The van der Waals surface area contributed by atoms with Gasteiger partial charge in [0.1, 0.15) is 6.10 Å². The molecule has 0 radical (unpaired) electrons. The predicted octanol–water partition coefficient (Wildman–Crippen LogP) is 0.591. The summed E-state index contributed by atoms with van der Waals surface area (Å²) >= 11 is 0. The zero-order chi connectivity index (χ0) is 12.8. The van der Waals surface area contributed by atoms with Gasteiger partial charge in [-0.15, -0.1) is 0 Å². The number of hydrogen-bond donors (Lipinski definition) is 4. The number of fused-ring (bicyclic) bond motifs is 2. The van der Waals surface area contributed by atoms with Gasteiger partial charge in [-0.2, -0.15) is 0 Å². The third kappa shape index (κ3) is 1.64. The quantitative estimate of drug-likeness (QED) is 0.633. The Balaban J connectivity index is 1.86. The van der Waals surface area contributed by atoms with Crippen LogP contribution in [0, 0.1) is 11.8 Å². The molecule has 2 fully saturated rings. The van der Waals surface area contributed by atoms with E-state index in [1.165, 1.54) is 0 Å². The van der Waals surface area contributed by atoms with Crippen LogP contribution >= 0.6 is 0 Å². The largest absolute Gasteiger partial charge is 0.396 e. The molecule has 5 atom stereocenters. The highest BCUT2D eigenvalue weighted by atomic mass is 16.3. The van der Waals surface area contributed by atoms with Crippen molar-refractivity contribution in [1.82, 2.24) is 0 Å². The molecule has 4 N–H and O–H groups in total. The summed E-state index contributed by atoms with van der Waals surface area (Å²) in [7, 11) is 0. The molecule has 0 heterocycles. The van der Waals surface area contributed by atoms with Gasteiger partial charge in [-0.05, 0) is 36.8 Å². The molecule has 0 aliphatic heterocycles. The molecule has 0 unspecified atom stereocenters. The first-order valence-corrected chi connectivity index (χ1v) is 6.46. The van der Waals surface area contributed by atoms with Gasteiger partial charge < -0.3 is 20.6 Å². The first kappa shape index (κ1) is 12.0. The third-order valence-electron chi connectivity index (χ3n) is 4.56. The van der Waals surface area contributed by atoms with Crippen molar-refractivity contribution in [3.8, 4) is 0 Å². The highest BCUT2D eigenvalue weighted by Gasteiger charge is 2.61. The van der Waals surface area contributed by atoms with E-state index < -0.39 is 17.7 Å². The summed E-state index contributed by atoms with van der Waals surface area (Å²) in [6.07, 6.45) is -0.0610. The summed E-state index contributed by atoms with van der Waals surface area (Å²) in [5, 5.41) is 33.0. The van der Waals surface area contributed by atoms with Crippen molar-refractivity contribution in [3.05, 3.63) is 30.3 Å². The highest BCUT2D eigenvalue weighted by molar-refractivity contribution is 5.47. The molecule has 4 nitrogen and oxygen atoms in total. The summed E-state index contributed by atoms with van der Waals surface area (Å²) in [6.45, 7) is 0.0761. The molecule has 1 aromatic rings. The van der Waals surface area contributed by atoms with Crippen molar-refractivity contribution in [3.63, 3.8) is 0 Å². The lowest BCUT2D eigenvalue weighted by Gasteiger charge is -2.38. The maximum Gasteiger partial charge on any atom is 0.103 e. The minimum atomic E-state index is -0.759. The van der Waals surface area contributed by atoms with Crippen molar-refractivity contribution in [1.29, 1.82) is 0 Å². The second-order valence-electron chi connectivity index (χ2n) is 5.60. The number of aliphatic hydroxyl groups excluding tert-OH is 3. The van der Waals surface area contributed by atoms with E-state index >= 15 is 0 Å². The number of nitrogens with one attached hydrogen (secondary N) is 1. The van der Waals surface area contributed by atoms with Crippen molar-refractivity contribution in [2.75, 3.05) is 11.9 Å². The van der Waals surface area contributed by atoms with Gasteiger partial charge in [-0.3, -0.25) is 0 Å². The van der Waals surface area contributed by atoms with Crippen LogP contribution in [0.3, 0.4) is 0 Å². The summed E-state index contributed by atoms with van der Waals surface area (Å²) in [4.78, 5) is 0. The van der Waals surface area contributed by atoms with E-state index in [-0.39, 0.29) is 18.4 Å². The lowest BCUT2D eigenvalue weighted by molar-refractivity contribution is -0.0452. The van der Waals surface area contributed by atoms with Crippen molar-refractivity contribution in [2.24, 2.45) is 11.8 Å². The molecule has 3 rings (SSSR count). The van der Waals surface area contributed by atoms with Gasteiger partial charge in [0.15, 0.2) is 0 Å². The molecule has 18 heavy (non-hydrogen) atoms. The van der Waals surface area contributed by atoms with E-state index in [2.05, 4.69) is 5.32 Å². The number of aliphatic hydroxyl groups is 3. The molecule has 4 heteroatoms. The second kappa shape index (κ2) is 4.23. The molecule has 2 aliphatic carbocycles. The third-order valence-corrected chi connectivity index (χ3v) is 4.56. The van der Waals surface area contributed by atoms with Crippen molar-refractivity contribution >= 4 is 5.69 Å². The van der Waals surface area contributed by atoms with Gasteiger partial charge in [-0.25, -0.2) is 0 Å². The lowest BCUT2D eigenvalue weighted by atomic mass is 9.82. The topological polar surface area (TPSA) is 72.7 Å². The number of benzene rings is 1. The SMILES string of the molecule is OC[C@@H]1C[C@@]2(Nc3ccccc3)C[C@H]1[C@@H](O)[C@H]2O. The van der Waals surface area contributed by atoms with Crippen LogP contribution < -0.4 is 5.32 Å². The Bertz CT molecular complexity index is 418. The van der Waals surface area contributed by atoms with Gasteiger partial charge in [0.2, 0.25) is 0 Å². The fourth-order valence-corrected chi connectivity index (χ4v) is 3.68. The molecule has 1 aromatic carbocycles. The van der Waals surface area contributed by atoms with Crippen LogP contribution in [-0.2, 0) is 0 Å². The predicted molar refractivity (Wildman–Crippen MR) is 68.1 cm³/mol. The summed E-state index contributed by atoms with van der Waals surface area (Å²) in [6, 6.07) is 9.72. The maximum absolute atomic E-state index is 10.2. The van der Waals surface area contributed by atoms with Crippen LogP contribution in [0.1, 0.15) is 12.8 Å². The normalized spacial score (nSPS) is 42.2. The molecular formula is C14H19NO3. The summed E-state index contributed by atoms with van der Waals surface area (Å²) in [5.74, 6) is 0.0841. The van der Waals surface area contributed by atoms with Gasteiger partial charge in [-0.1, -0.05) is 18.2 Å². The molecule has 2 saturated carbocycles. The molecule has 0 saturated heterocycles. The Kier molecular flexibility index (Phi) is 2.81. The fraction of sp³-hybridized carbons (Fsp3) is 0.571. The zero-order valence-corrected chi connectivity index (χ0v) is 10.2. The molecular weight excluding hydrogens is 230 g/mol. The van der Waals surface area contributed by atoms with Gasteiger partial charge >= 0.3 is 0 Å². The van der Waals surface area contributed by atoms with Crippen LogP contribution in [0.5, 0.6) is 0 Å². The average molecular weight is 249 g/mol. The maximum atomic E-state index is 10.2. The number of anilines is 1. The first-order chi connectivity index (χ1) is 8.66. The molecule has 0 aromatic heterocycles. The van der Waals surface area contributed by atoms with Crippen LogP contribution in [0.4, 0.5) is 5.69 Å². The van der Waals surface area contributed by atoms with Crippen molar-refractivity contribution < 1.29 is 15.3 Å². The Morgan fingerprint density at radius 2 is 1.89 bits per heavy atom. The smallest absolute Gasteiger partial charge is 0.103 e. The van der Waals surface area contributed by atoms with E-state index in [4.69, 9.17) is 0 Å². The summed E-state index contributed by atoms with van der Waals surface area (Å²) in [5.41, 5.74) is 0.460. The fourth-order valence-electron chi connectivity index (χ4n) is 3.68. The van der Waals surface area contributed by atoms with E-state index in [1.807, 2.05) is 30.3 Å². The minimum absolute atomic E-state index is 0.00112. The minimum Gasteiger partial charge on any atom is -0.396 e. The van der Waals surface area contributed by atoms with Gasteiger partial charge in [0.05, 0.1) is 11.6 Å². The monoisotopic (exact) mass is 249 g/mol. The first-order valence-electron chi connectivity index (χ1n) is 6.46. The average Bonchev–Trinajstić information content (AvgIpc) is 2.87. The van der Waals surface area contributed by atoms with E-state index in [9.17, 15) is 15.3 Å². The van der Waals surface area contributed by atoms with Gasteiger partial charge in [0.25, 0.3) is 0 Å². The number of rotatable bonds is 3. The van der Waals surface area contributed by atoms with E-state index in [0.717, 1.165) is 12.1 Å². The number of para-hydroxylation sites is 1. The Morgan fingerprint density at radius 1 is 1.17 bits per heavy atom. The molecule has 2 bridgehead atoms. The van der Waals surface area contributed by atoms with Crippen molar-refractivity contribution in [2.45, 2.75) is 30.6 Å². The van der Waals surface area contributed by atoms with Crippen LogP contribution in [0.15, 0.2) is 30.3 Å². The van der Waals surface area contributed by atoms with E-state index in [1.54, 1.807) is 0 Å². The van der Waals surface area contributed by atoms with Crippen LogP contribution in [0.2, 0.25) is 0 Å². The Morgan fingerprint density at radius 3 is 2.56 bits per heavy atom. The molecule has 98 valence electrons. The summed E-state index contributed by atoms with van der Waals surface area (Å²) < 4.78 is 0. The lowest BCUT2D eigenvalue weighted by Crippen LogP contribution is -2.52. The molecule has 2 aliphatic rings. The van der Waals surface area contributed by atoms with E-state index in [0.29, 0.717) is 6.42 Å². The standard InChI is InChI=1S/C14H19NO3/c16-8-9-6-14(7-11(9)12(17)13(14)18)15-10-4-2-1-3-5-10/h1-5,9,11-13,15-18H,6-8H2/t9-,11+,12+,13+,14+/m0/s1. The van der Waals surface area contributed by atoms with Crippen LogP contribution in [-0.4, -0.2) is 39.7 Å². The molecule has 0 spiro atoms. The van der Waals surface area contributed by atoms with Gasteiger partial charge in [0, 0.05) is 12.3 Å². The number of hydrogen-bond acceptors (Lipinski definition) is 4. The Labute approximate surface area is 106 Å². The zero-order valence-electron chi connectivity index (χ0n) is 10.2. The Hall–Kier alpha value is -1.10. The second-order valence-corrected chi connectivity index (χ2v) is 5.60.